The van der Waals surface area contributed by atoms with E-state index < -0.39 is 10.9 Å². The Hall–Kier alpha value is -2.19. The molecule has 0 atom stereocenters. The van der Waals surface area contributed by atoms with E-state index in [-0.39, 0.29) is 11.3 Å². The number of carboxylic acid groups (broad SMARTS) is 1. The summed E-state index contributed by atoms with van der Waals surface area (Å²) in [5, 5.41) is 22.6. The lowest BCUT2D eigenvalue weighted by Crippen LogP contribution is -2.06. The van der Waals surface area contributed by atoms with Crippen LogP contribution in [0.25, 0.3) is 0 Å². The van der Waals surface area contributed by atoms with Crippen molar-refractivity contribution in [2.75, 3.05) is 5.32 Å². The molecule has 1 aromatic heterocycles. The van der Waals surface area contributed by atoms with Gasteiger partial charge in [-0.05, 0) is 6.07 Å². The van der Waals surface area contributed by atoms with Gasteiger partial charge in [-0.15, -0.1) is 11.3 Å². The first-order valence-corrected chi connectivity index (χ1v) is 6.52. The number of anilines is 1. The number of halogens is 1. The highest BCUT2D eigenvalue weighted by Gasteiger charge is 2.16. The molecule has 1 heterocycles. The molecule has 0 saturated carbocycles. The van der Waals surface area contributed by atoms with Crippen molar-refractivity contribution in [3.05, 3.63) is 49.4 Å². The zero-order valence-electron chi connectivity index (χ0n) is 9.87. The van der Waals surface area contributed by atoms with E-state index in [9.17, 15) is 14.9 Å². The highest BCUT2D eigenvalue weighted by molar-refractivity contribution is 7.15. The van der Waals surface area contributed by atoms with E-state index in [1.807, 2.05) is 0 Å². The maximum absolute atomic E-state index is 11.1. The third-order valence-electron chi connectivity index (χ3n) is 2.42. The lowest BCUT2D eigenvalue weighted by atomic mass is 10.1. The van der Waals surface area contributed by atoms with Crippen molar-refractivity contribution in [1.82, 2.24) is 4.98 Å². The van der Waals surface area contributed by atoms with Crippen molar-refractivity contribution in [3.8, 4) is 0 Å². The molecule has 0 aliphatic carbocycles. The quantitative estimate of drug-likeness (QED) is 0.649. The largest absolute Gasteiger partial charge is 0.478 e. The number of carbonyl (C=O) groups is 1. The van der Waals surface area contributed by atoms with Gasteiger partial charge < -0.3 is 10.4 Å². The average Bonchev–Trinajstić information content (AvgIpc) is 2.81. The number of benzene rings is 1. The number of nitrogens with one attached hydrogen (secondary N) is 1. The Bertz CT molecular complexity index is 673. The molecule has 1 aromatic carbocycles. The number of non-ortho nitro benzene ring substituents is 1. The van der Waals surface area contributed by atoms with Gasteiger partial charge in [0.05, 0.1) is 17.0 Å². The highest BCUT2D eigenvalue weighted by Crippen LogP contribution is 2.24. The zero-order valence-corrected chi connectivity index (χ0v) is 11.4. The van der Waals surface area contributed by atoms with Gasteiger partial charge in [0.15, 0.2) is 4.47 Å². The fourth-order valence-corrected chi connectivity index (χ4v) is 2.44. The van der Waals surface area contributed by atoms with E-state index >= 15 is 0 Å². The summed E-state index contributed by atoms with van der Waals surface area (Å²) in [7, 11) is 0. The van der Waals surface area contributed by atoms with Crippen molar-refractivity contribution in [2.45, 2.75) is 6.54 Å². The maximum atomic E-state index is 11.1. The molecule has 20 heavy (non-hydrogen) atoms. The molecule has 7 nitrogen and oxygen atoms in total. The van der Waals surface area contributed by atoms with Gasteiger partial charge in [-0.3, -0.25) is 10.1 Å². The topological polar surface area (TPSA) is 105 Å². The van der Waals surface area contributed by atoms with Gasteiger partial charge in [0.1, 0.15) is 0 Å². The number of hydrogen-bond donors (Lipinski definition) is 2. The minimum absolute atomic E-state index is 0.158. The summed E-state index contributed by atoms with van der Waals surface area (Å²) in [5.74, 6) is -1.24. The number of nitro groups is 1. The second kappa shape index (κ2) is 5.85. The Morgan fingerprint density at radius 1 is 1.55 bits per heavy atom. The van der Waals surface area contributed by atoms with E-state index in [4.69, 9.17) is 16.7 Å². The number of thiazole rings is 1. The molecule has 0 aliphatic rings. The molecular formula is C11H8ClN3O4S. The summed E-state index contributed by atoms with van der Waals surface area (Å²) >= 11 is 6.96. The van der Waals surface area contributed by atoms with Crippen LogP contribution in [0.4, 0.5) is 11.4 Å². The Kier molecular flexibility index (Phi) is 4.16. The summed E-state index contributed by atoms with van der Waals surface area (Å²) < 4.78 is 0.393. The van der Waals surface area contributed by atoms with Crippen LogP contribution in [0.2, 0.25) is 4.47 Å². The normalized spacial score (nSPS) is 10.2. The molecule has 2 rings (SSSR count). The Morgan fingerprint density at radius 2 is 2.30 bits per heavy atom. The first kappa shape index (κ1) is 14.2. The molecule has 0 unspecified atom stereocenters. The molecule has 9 heteroatoms. The average molecular weight is 314 g/mol. The number of aromatic nitrogens is 1. The Morgan fingerprint density at radius 3 is 2.85 bits per heavy atom. The number of hydrogen-bond acceptors (Lipinski definition) is 6. The number of carboxylic acids is 1. The van der Waals surface area contributed by atoms with Gasteiger partial charge in [-0.25, -0.2) is 9.78 Å². The van der Waals surface area contributed by atoms with Crippen LogP contribution in [-0.2, 0) is 6.54 Å². The van der Waals surface area contributed by atoms with E-state index in [2.05, 4.69) is 10.3 Å². The summed E-state index contributed by atoms with van der Waals surface area (Å²) in [5.41, 5.74) is -0.129. The molecule has 104 valence electrons. The van der Waals surface area contributed by atoms with Crippen molar-refractivity contribution < 1.29 is 14.8 Å². The van der Waals surface area contributed by atoms with Crippen LogP contribution in [-0.4, -0.2) is 21.0 Å². The smallest absolute Gasteiger partial charge is 0.338 e. The molecule has 2 N–H and O–H groups in total. The fourth-order valence-electron chi connectivity index (χ4n) is 1.52. The van der Waals surface area contributed by atoms with Crippen LogP contribution in [0.15, 0.2) is 24.4 Å². The van der Waals surface area contributed by atoms with Crippen molar-refractivity contribution in [2.24, 2.45) is 0 Å². The van der Waals surface area contributed by atoms with E-state index in [0.29, 0.717) is 16.7 Å². The predicted octanol–water partition coefficient (Wildman–Crippen LogP) is 3.02. The minimum Gasteiger partial charge on any atom is -0.478 e. The summed E-state index contributed by atoms with van der Waals surface area (Å²) in [6, 6.07) is 3.63. The predicted molar refractivity (Wildman–Crippen MR) is 74.5 cm³/mol. The summed E-state index contributed by atoms with van der Waals surface area (Å²) in [4.78, 5) is 25.8. The van der Waals surface area contributed by atoms with Crippen molar-refractivity contribution in [1.29, 1.82) is 0 Å². The number of nitro benzene ring substituents is 1. The van der Waals surface area contributed by atoms with Crippen LogP contribution in [0, 0.1) is 10.1 Å². The molecule has 0 bridgehead atoms. The minimum atomic E-state index is -1.24. The lowest BCUT2D eigenvalue weighted by Gasteiger charge is -2.08. The fraction of sp³-hybridized carbons (Fsp3) is 0.0909. The third-order valence-corrected chi connectivity index (χ3v) is 3.54. The molecule has 0 amide bonds. The number of nitrogens with zero attached hydrogens (tertiary/aromatic N) is 2. The summed E-state index contributed by atoms with van der Waals surface area (Å²) in [6.45, 7) is 0.336. The first-order valence-electron chi connectivity index (χ1n) is 5.33. The molecule has 0 radical (unpaired) electrons. The molecule has 0 aliphatic heterocycles. The lowest BCUT2D eigenvalue weighted by molar-refractivity contribution is -0.384. The van der Waals surface area contributed by atoms with Gasteiger partial charge in [-0.1, -0.05) is 11.6 Å². The molecule has 0 saturated heterocycles. The van der Waals surface area contributed by atoms with Crippen LogP contribution in [0.3, 0.4) is 0 Å². The van der Waals surface area contributed by atoms with E-state index in [1.54, 1.807) is 6.20 Å². The van der Waals surface area contributed by atoms with Crippen LogP contribution in [0.1, 0.15) is 15.2 Å². The van der Waals surface area contributed by atoms with Gasteiger partial charge in [0.25, 0.3) is 5.69 Å². The van der Waals surface area contributed by atoms with Crippen molar-refractivity contribution >= 4 is 40.3 Å². The third kappa shape index (κ3) is 3.22. The van der Waals surface area contributed by atoms with E-state index in [1.165, 1.54) is 23.5 Å². The second-order valence-corrected chi connectivity index (χ2v) is 5.42. The number of rotatable bonds is 5. The maximum Gasteiger partial charge on any atom is 0.338 e. The highest BCUT2D eigenvalue weighted by atomic mass is 35.5. The molecular weight excluding hydrogens is 306 g/mol. The van der Waals surface area contributed by atoms with Crippen LogP contribution >= 0.6 is 22.9 Å². The first-order chi connectivity index (χ1) is 9.47. The molecule has 2 aromatic rings. The molecule has 0 fully saturated rings. The van der Waals surface area contributed by atoms with Gasteiger partial charge in [0.2, 0.25) is 0 Å². The van der Waals surface area contributed by atoms with Crippen molar-refractivity contribution in [3.63, 3.8) is 0 Å². The Labute approximate surface area is 122 Å². The SMILES string of the molecule is O=C(O)c1cc([N+](=O)[O-])ccc1NCc1cnc(Cl)s1. The standard InChI is InChI=1S/C11H8ClN3O4S/c12-11-14-5-7(20-11)4-13-9-2-1-6(15(18)19)3-8(9)10(16)17/h1-3,5,13H,4H2,(H,16,17). The Balaban J connectivity index is 2.22. The second-order valence-electron chi connectivity index (χ2n) is 3.73. The monoisotopic (exact) mass is 313 g/mol. The zero-order chi connectivity index (χ0) is 14.7. The van der Waals surface area contributed by atoms with Gasteiger partial charge >= 0.3 is 5.97 Å². The van der Waals surface area contributed by atoms with Crippen LogP contribution in [0.5, 0.6) is 0 Å². The molecule has 0 spiro atoms. The van der Waals surface area contributed by atoms with Gasteiger partial charge in [-0.2, -0.15) is 0 Å². The summed E-state index contributed by atoms with van der Waals surface area (Å²) in [6.07, 6.45) is 1.58. The van der Waals surface area contributed by atoms with E-state index in [0.717, 1.165) is 10.9 Å². The van der Waals surface area contributed by atoms with Gasteiger partial charge in [0, 0.05) is 28.9 Å². The number of aromatic carboxylic acids is 1. The van der Waals surface area contributed by atoms with Crippen LogP contribution < -0.4 is 5.32 Å².